The third-order valence-electron chi connectivity index (χ3n) is 4.53. The van der Waals surface area contributed by atoms with Crippen LogP contribution >= 0.6 is 23.2 Å². The maximum absolute atomic E-state index is 12.8. The topological polar surface area (TPSA) is 82.7 Å². The molecule has 0 aliphatic rings. The molecule has 2 aromatic carbocycles. The Bertz CT molecular complexity index is 1290. The van der Waals surface area contributed by atoms with Gasteiger partial charge in [0.1, 0.15) is 0 Å². The van der Waals surface area contributed by atoms with Crippen LogP contribution in [-0.4, -0.2) is 20.9 Å². The molecule has 0 saturated heterocycles. The number of anilines is 2. The minimum atomic E-state index is -4.48. The lowest BCUT2D eigenvalue weighted by Gasteiger charge is -2.09. The summed E-state index contributed by atoms with van der Waals surface area (Å²) in [4.78, 5) is 23.8. The van der Waals surface area contributed by atoms with Gasteiger partial charge in [0.2, 0.25) is 5.95 Å². The third kappa shape index (κ3) is 4.79. The minimum Gasteiger partial charge on any atom is -0.346 e. The maximum atomic E-state index is 12.8. The highest BCUT2D eigenvalue weighted by Crippen LogP contribution is 2.32. The first-order valence-electron chi connectivity index (χ1n) is 9.22. The van der Waals surface area contributed by atoms with Gasteiger partial charge in [-0.25, -0.2) is 4.98 Å². The predicted octanol–water partition coefficient (Wildman–Crippen LogP) is 5.96. The van der Waals surface area contributed by atoms with E-state index in [4.69, 9.17) is 23.2 Å². The van der Waals surface area contributed by atoms with Crippen molar-refractivity contribution in [2.24, 2.45) is 0 Å². The van der Waals surface area contributed by atoms with Crippen molar-refractivity contribution < 1.29 is 18.0 Å². The van der Waals surface area contributed by atoms with Gasteiger partial charge in [-0.05, 0) is 42.5 Å². The van der Waals surface area contributed by atoms with E-state index in [1.54, 1.807) is 36.4 Å². The summed E-state index contributed by atoms with van der Waals surface area (Å²) in [6, 6.07) is 11.6. The molecule has 164 valence electrons. The van der Waals surface area contributed by atoms with Crippen LogP contribution in [-0.2, 0) is 12.7 Å². The number of amides is 1. The van der Waals surface area contributed by atoms with E-state index in [9.17, 15) is 18.0 Å². The molecule has 32 heavy (non-hydrogen) atoms. The van der Waals surface area contributed by atoms with Crippen LogP contribution in [0.5, 0.6) is 0 Å². The number of para-hydroxylation sites is 1. The summed E-state index contributed by atoms with van der Waals surface area (Å²) in [5, 5.41) is 6.41. The van der Waals surface area contributed by atoms with E-state index in [0.717, 1.165) is 18.3 Å². The second-order valence-corrected chi connectivity index (χ2v) is 7.57. The maximum Gasteiger partial charge on any atom is 0.416 e. The van der Waals surface area contributed by atoms with Gasteiger partial charge < -0.3 is 15.6 Å². The van der Waals surface area contributed by atoms with Crippen molar-refractivity contribution in [3.8, 4) is 0 Å². The number of imidazole rings is 1. The monoisotopic (exact) mass is 479 g/mol. The van der Waals surface area contributed by atoms with Crippen LogP contribution in [0.3, 0.4) is 0 Å². The number of H-pyrrole nitrogens is 1. The molecule has 0 aliphatic heterocycles. The molecular formula is C21H14Cl2F3N5O. The molecule has 6 nitrogen and oxygen atoms in total. The number of pyridine rings is 1. The molecule has 4 aromatic rings. The minimum absolute atomic E-state index is 0.0946. The van der Waals surface area contributed by atoms with Gasteiger partial charge in [0, 0.05) is 11.8 Å². The molecule has 0 saturated carbocycles. The van der Waals surface area contributed by atoms with Crippen molar-refractivity contribution in [1.82, 2.24) is 20.3 Å². The number of hydrogen-bond donors (Lipinski definition) is 3. The number of benzene rings is 2. The van der Waals surface area contributed by atoms with Crippen LogP contribution in [0.4, 0.5) is 24.8 Å². The van der Waals surface area contributed by atoms with Crippen LogP contribution in [0.25, 0.3) is 11.0 Å². The van der Waals surface area contributed by atoms with E-state index in [-0.39, 0.29) is 12.2 Å². The zero-order chi connectivity index (χ0) is 22.9. The molecule has 4 rings (SSSR count). The Balaban J connectivity index is 1.48. The molecule has 0 aliphatic carbocycles. The van der Waals surface area contributed by atoms with Crippen LogP contribution < -0.4 is 10.6 Å². The largest absolute Gasteiger partial charge is 0.416 e. The lowest BCUT2D eigenvalue weighted by Crippen LogP contribution is -2.23. The number of fused-ring (bicyclic) bond motifs is 1. The molecule has 0 spiro atoms. The Morgan fingerprint density at radius 2 is 1.81 bits per heavy atom. The second kappa shape index (κ2) is 8.68. The Morgan fingerprint density at radius 1 is 1.06 bits per heavy atom. The van der Waals surface area contributed by atoms with Gasteiger partial charge in [-0.2, -0.15) is 13.2 Å². The van der Waals surface area contributed by atoms with E-state index < -0.39 is 17.6 Å². The van der Waals surface area contributed by atoms with E-state index in [0.29, 0.717) is 38.3 Å². The molecule has 0 atom stereocenters. The van der Waals surface area contributed by atoms with Crippen molar-refractivity contribution in [2.75, 3.05) is 5.32 Å². The highest BCUT2D eigenvalue weighted by atomic mass is 35.5. The molecule has 0 fully saturated rings. The molecule has 2 heterocycles. The Labute approximate surface area is 189 Å². The van der Waals surface area contributed by atoms with Crippen molar-refractivity contribution in [2.45, 2.75) is 12.7 Å². The molecule has 11 heteroatoms. The number of aromatic nitrogens is 3. The van der Waals surface area contributed by atoms with Gasteiger partial charge in [0.25, 0.3) is 5.91 Å². The summed E-state index contributed by atoms with van der Waals surface area (Å²) in [5.74, 6) is -0.0986. The molecule has 0 unspecified atom stereocenters. The lowest BCUT2D eigenvalue weighted by molar-refractivity contribution is -0.137. The van der Waals surface area contributed by atoms with Crippen LogP contribution in [0.2, 0.25) is 10.0 Å². The molecule has 0 bridgehead atoms. The first-order valence-corrected chi connectivity index (χ1v) is 9.97. The standard InChI is InChI=1S/C21H14Cl2F3N5O/c22-14-2-1-3-15(23)18(14)31-20-29-16-5-4-11(8-17(16)30-20)19(32)28-10-13-9-12(6-7-27-13)21(24,25)26/h1-9H,10H2,(H,28,32)(H2,29,30,31). The number of alkyl halides is 3. The highest BCUT2D eigenvalue weighted by Gasteiger charge is 2.30. The summed E-state index contributed by atoms with van der Waals surface area (Å²) in [6.45, 7) is -0.154. The number of carbonyl (C=O) groups excluding carboxylic acids is 1. The van der Waals surface area contributed by atoms with Gasteiger partial charge in [-0.3, -0.25) is 9.78 Å². The summed E-state index contributed by atoms with van der Waals surface area (Å²) < 4.78 is 38.5. The van der Waals surface area contributed by atoms with Gasteiger partial charge in [0.15, 0.2) is 0 Å². The molecule has 0 radical (unpaired) electrons. The number of rotatable bonds is 5. The predicted molar refractivity (Wildman–Crippen MR) is 116 cm³/mol. The van der Waals surface area contributed by atoms with E-state index in [2.05, 4.69) is 25.6 Å². The van der Waals surface area contributed by atoms with Crippen molar-refractivity contribution in [3.63, 3.8) is 0 Å². The summed E-state index contributed by atoms with van der Waals surface area (Å²) >= 11 is 12.3. The number of nitrogens with zero attached hydrogens (tertiary/aromatic N) is 2. The fraction of sp³-hybridized carbons (Fsp3) is 0.0952. The Morgan fingerprint density at radius 3 is 2.53 bits per heavy atom. The SMILES string of the molecule is O=C(NCc1cc(C(F)(F)F)ccn1)c1ccc2[nH]c(Nc3c(Cl)cccc3Cl)nc2c1. The normalized spacial score (nSPS) is 11.5. The van der Waals surface area contributed by atoms with Crippen LogP contribution in [0.1, 0.15) is 21.6 Å². The van der Waals surface area contributed by atoms with Gasteiger partial charge in [-0.1, -0.05) is 29.3 Å². The van der Waals surface area contributed by atoms with E-state index in [1.165, 1.54) is 0 Å². The number of hydrogen-bond acceptors (Lipinski definition) is 4. The molecule has 2 aromatic heterocycles. The molecule has 3 N–H and O–H groups in total. The summed E-state index contributed by atoms with van der Waals surface area (Å²) in [6.07, 6.45) is -3.42. The Hall–Kier alpha value is -3.30. The fourth-order valence-corrected chi connectivity index (χ4v) is 3.46. The molecule has 1 amide bonds. The van der Waals surface area contributed by atoms with E-state index in [1.807, 2.05) is 0 Å². The lowest BCUT2D eigenvalue weighted by atomic mass is 10.2. The summed E-state index contributed by atoms with van der Waals surface area (Å²) in [5.41, 5.74) is 1.21. The van der Waals surface area contributed by atoms with Crippen LogP contribution in [0, 0.1) is 0 Å². The van der Waals surface area contributed by atoms with Gasteiger partial charge >= 0.3 is 6.18 Å². The zero-order valence-electron chi connectivity index (χ0n) is 16.1. The van der Waals surface area contributed by atoms with Crippen molar-refractivity contribution in [3.05, 3.63) is 81.6 Å². The van der Waals surface area contributed by atoms with Gasteiger partial charge in [0.05, 0.1) is 44.6 Å². The number of halogens is 5. The number of carbonyl (C=O) groups is 1. The van der Waals surface area contributed by atoms with Crippen molar-refractivity contribution in [1.29, 1.82) is 0 Å². The van der Waals surface area contributed by atoms with Crippen molar-refractivity contribution >= 4 is 51.8 Å². The average Bonchev–Trinajstić information content (AvgIpc) is 3.16. The zero-order valence-corrected chi connectivity index (χ0v) is 17.6. The fourth-order valence-electron chi connectivity index (χ4n) is 2.97. The first kappa shape index (κ1) is 21.9. The Kier molecular flexibility index (Phi) is 5.94. The van der Waals surface area contributed by atoms with E-state index >= 15 is 0 Å². The first-order chi connectivity index (χ1) is 15.2. The second-order valence-electron chi connectivity index (χ2n) is 6.76. The third-order valence-corrected chi connectivity index (χ3v) is 5.16. The number of nitrogens with one attached hydrogen (secondary N) is 3. The quantitative estimate of drug-likeness (QED) is 0.330. The highest BCUT2D eigenvalue weighted by molar-refractivity contribution is 6.39. The molecular weight excluding hydrogens is 466 g/mol. The smallest absolute Gasteiger partial charge is 0.346 e. The van der Waals surface area contributed by atoms with Crippen LogP contribution in [0.15, 0.2) is 54.7 Å². The average molecular weight is 480 g/mol. The summed E-state index contributed by atoms with van der Waals surface area (Å²) in [7, 11) is 0. The number of aromatic amines is 1. The van der Waals surface area contributed by atoms with Gasteiger partial charge in [-0.15, -0.1) is 0 Å².